The van der Waals surface area contributed by atoms with Crippen molar-refractivity contribution in [3.8, 4) is 5.75 Å². The predicted molar refractivity (Wildman–Crippen MR) is 81.9 cm³/mol. The van der Waals surface area contributed by atoms with Crippen LogP contribution < -0.4 is 4.74 Å². The van der Waals surface area contributed by atoms with E-state index in [1.54, 1.807) is 0 Å². The zero-order chi connectivity index (χ0) is 19.7. The highest BCUT2D eigenvalue weighted by atomic mass is 19.4. The van der Waals surface area contributed by atoms with Crippen LogP contribution >= 0.6 is 0 Å². The fourth-order valence-electron chi connectivity index (χ4n) is 2.75. The van der Waals surface area contributed by atoms with Crippen LogP contribution in [0.2, 0.25) is 0 Å². The number of carboxylic acid groups (broad SMARTS) is 1. The van der Waals surface area contributed by atoms with Crippen molar-refractivity contribution in [2.45, 2.75) is 44.3 Å². The van der Waals surface area contributed by atoms with Gasteiger partial charge in [-0.2, -0.15) is 13.2 Å². The van der Waals surface area contributed by atoms with Crippen LogP contribution in [-0.4, -0.2) is 51.7 Å². The number of nitrogens with zero attached hydrogens (tertiary/aromatic N) is 2. The van der Waals surface area contributed by atoms with E-state index < -0.39 is 41.5 Å². The average molecular weight is 378 g/mol. The molecule has 1 aliphatic rings. The van der Waals surface area contributed by atoms with Crippen LogP contribution in [0, 0.1) is 10.1 Å². The molecule has 2 atom stereocenters. The molecule has 0 unspecified atom stereocenters. The van der Waals surface area contributed by atoms with Gasteiger partial charge >= 0.3 is 12.3 Å². The number of ether oxygens (including phenoxy) is 2. The van der Waals surface area contributed by atoms with Crippen LogP contribution in [0.15, 0.2) is 24.3 Å². The maximum Gasteiger partial charge on any atom is 0.425 e. The number of hydrogen-bond donors (Lipinski definition) is 1. The second-order valence-corrected chi connectivity index (χ2v) is 6.20. The Morgan fingerprint density at radius 3 is 2.50 bits per heavy atom. The Morgan fingerprint density at radius 2 is 2.04 bits per heavy atom. The number of halogens is 3. The van der Waals surface area contributed by atoms with Gasteiger partial charge in [0.15, 0.2) is 6.10 Å². The molecule has 1 amide bonds. The third-order valence-corrected chi connectivity index (χ3v) is 3.96. The number of nitro groups is 1. The van der Waals surface area contributed by atoms with Crippen LogP contribution in [0.4, 0.5) is 23.7 Å². The Balaban J connectivity index is 2.18. The van der Waals surface area contributed by atoms with Crippen molar-refractivity contribution < 1.29 is 37.5 Å². The molecule has 0 spiro atoms. The Hall–Kier alpha value is -2.56. The predicted octanol–water partition coefficient (Wildman–Crippen LogP) is 3.41. The smallest absolute Gasteiger partial charge is 0.425 e. The van der Waals surface area contributed by atoms with Crippen molar-refractivity contribution in [3.05, 3.63) is 34.4 Å². The summed E-state index contributed by atoms with van der Waals surface area (Å²) < 4.78 is 50.3. The van der Waals surface area contributed by atoms with E-state index in [4.69, 9.17) is 9.47 Å². The largest absolute Gasteiger partial charge is 0.481 e. The zero-order valence-corrected chi connectivity index (χ0v) is 13.9. The van der Waals surface area contributed by atoms with Gasteiger partial charge in [0.1, 0.15) is 11.5 Å². The molecule has 2 rings (SSSR count). The van der Waals surface area contributed by atoms with E-state index >= 15 is 0 Å². The van der Waals surface area contributed by atoms with E-state index in [1.165, 1.54) is 13.8 Å². The first kappa shape index (κ1) is 19.8. The van der Waals surface area contributed by atoms with E-state index in [9.17, 15) is 33.2 Å². The maximum atomic E-state index is 13.3. The lowest BCUT2D eigenvalue weighted by Crippen LogP contribution is -2.50. The van der Waals surface area contributed by atoms with Crippen LogP contribution in [0.5, 0.6) is 5.75 Å². The SMILES string of the molecule is CC1(C)OC[C@H](C[C@@H](Oc2ccc([N+](=O)[O-])cc2)C(F)(F)F)N1C(=O)O. The van der Waals surface area contributed by atoms with Gasteiger partial charge in [-0.3, -0.25) is 15.0 Å². The minimum Gasteiger partial charge on any atom is -0.481 e. The third-order valence-electron chi connectivity index (χ3n) is 3.96. The fraction of sp³-hybridized carbons (Fsp3) is 0.533. The molecule has 1 aromatic rings. The molecule has 0 saturated carbocycles. The summed E-state index contributed by atoms with van der Waals surface area (Å²) in [4.78, 5) is 22.1. The van der Waals surface area contributed by atoms with Crippen LogP contribution in [-0.2, 0) is 4.74 Å². The molecule has 11 heteroatoms. The molecular formula is C15H17F3N2O6. The van der Waals surface area contributed by atoms with E-state index in [2.05, 4.69) is 0 Å². The number of rotatable bonds is 5. The highest BCUT2D eigenvalue weighted by Gasteiger charge is 2.50. The number of alkyl halides is 3. The summed E-state index contributed by atoms with van der Waals surface area (Å²) in [5.74, 6) is -0.210. The number of non-ortho nitro benzene ring substituents is 1. The molecule has 1 saturated heterocycles. The van der Waals surface area contributed by atoms with E-state index in [1.807, 2.05) is 0 Å². The van der Waals surface area contributed by atoms with Gasteiger partial charge < -0.3 is 14.6 Å². The molecule has 0 radical (unpaired) electrons. The first-order valence-corrected chi connectivity index (χ1v) is 7.56. The monoisotopic (exact) mass is 378 g/mol. The first-order chi connectivity index (χ1) is 11.9. The minimum atomic E-state index is -4.77. The lowest BCUT2D eigenvalue weighted by atomic mass is 10.1. The van der Waals surface area contributed by atoms with E-state index in [-0.39, 0.29) is 18.0 Å². The van der Waals surface area contributed by atoms with Gasteiger partial charge in [0, 0.05) is 18.6 Å². The van der Waals surface area contributed by atoms with Gasteiger partial charge in [0.05, 0.1) is 17.6 Å². The van der Waals surface area contributed by atoms with Crippen molar-refractivity contribution >= 4 is 11.8 Å². The van der Waals surface area contributed by atoms with Crippen molar-refractivity contribution in [2.24, 2.45) is 0 Å². The molecule has 0 aromatic heterocycles. The highest BCUT2D eigenvalue weighted by Crippen LogP contribution is 2.35. The van der Waals surface area contributed by atoms with Crippen molar-refractivity contribution in [1.29, 1.82) is 0 Å². The summed E-state index contributed by atoms with van der Waals surface area (Å²) >= 11 is 0. The number of carbonyl (C=O) groups is 1. The summed E-state index contributed by atoms with van der Waals surface area (Å²) in [6.07, 6.45) is -9.13. The molecule has 1 heterocycles. The maximum absolute atomic E-state index is 13.3. The Bertz CT molecular complexity index is 677. The van der Waals surface area contributed by atoms with E-state index in [0.29, 0.717) is 0 Å². The standard InChI is InChI=1S/C15H17F3N2O6/c1-14(2)19(13(21)22)10(8-25-14)7-12(15(16,17)18)26-11-5-3-9(4-6-11)20(23)24/h3-6,10,12H,7-8H2,1-2H3,(H,21,22)/t10-,12+/m0/s1. The highest BCUT2D eigenvalue weighted by molar-refractivity contribution is 5.66. The third kappa shape index (κ3) is 4.34. The van der Waals surface area contributed by atoms with Gasteiger partial charge in [-0.05, 0) is 26.0 Å². The van der Waals surface area contributed by atoms with Crippen molar-refractivity contribution in [1.82, 2.24) is 4.90 Å². The number of nitro benzene ring substituents is 1. The molecular weight excluding hydrogens is 361 g/mol. The van der Waals surface area contributed by atoms with Gasteiger partial charge in [0.2, 0.25) is 0 Å². The Morgan fingerprint density at radius 1 is 1.46 bits per heavy atom. The summed E-state index contributed by atoms with van der Waals surface area (Å²) in [6.45, 7) is 2.69. The molecule has 1 N–H and O–H groups in total. The lowest BCUT2D eigenvalue weighted by Gasteiger charge is -2.32. The molecule has 1 aromatic carbocycles. The molecule has 0 aliphatic carbocycles. The zero-order valence-electron chi connectivity index (χ0n) is 13.9. The Kier molecular flexibility index (Phi) is 5.31. The molecule has 0 bridgehead atoms. The second kappa shape index (κ2) is 6.98. The number of hydrogen-bond acceptors (Lipinski definition) is 5. The summed E-state index contributed by atoms with van der Waals surface area (Å²) in [6, 6.07) is 3.11. The van der Waals surface area contributed by atoms with Crippen LogP contribution in [0.3, 0.4) is 0 Å². The number of amides is 1. The number of benzene rings is 1. The van der Waals surface area contributed by atoms with E-state index in [0.717, 1.165) is 29.2 Å². The van der Waals surface area contributed by atoms with Crippen LogP contribution in [0.1, 0.15) is 20.3 Å². The second-order valence-electron chi connectivity index (χ2n) is 6.20. The summed E-state index contributed by atoms with van der Waals surface area (Å²) in [5.41, 5.74) is -1.54. The molecule has 1 fully saturated rings. The summed E-state index contributed by atoms with van der Waals surface area (Å²) in [7, 11) is 0. The minimum absolute atomic E-state index is 0.199. The van der Waals surface area contributed by atoms with Crippen molar-refractivity contribution in [2.75, 3.05) is 6.61 Å². The molecule has 1 aliphatic heterocycles. The normalized spacial score (nSPS) is 20.7. The van der Waals surface area contributed by atoms with Crippen molar-refractivity contribution in [3.63, 3.8) is 0 Å². The molecule has 144 valence electrons. The summed E-state index contributed by atoms with van der Waals surface area (Å²) in [5, 5.41) is 19.9. The quantitative estimate of drug-likeness (QED) is 0.622. The fourth-order valence-corrected chi connectivity index (χ4v) is 2.75. The van der Waals surface area contributed by atoms with Gasteiger partial charge in [-0.25, -0.2) is 4.79 Å². The topological polar surface area (TPSA) is 102 Å². The first-order valence-electron chi connectivity index (χ1n) is 7.56. The average Bonchev–Trinajstić information content (AvgIpc) is 2.81. The molecule has 8 nitrogen and oxygen atoms in total. The van der Waals surface area contributed by atoms with Gasteiger partial charge in [0.25, 0.3) is 5.69 Å². The lowest BCUT2D eigenvalue weighted by molar-refractivity contribution is -0.384. The van der Waals surface area contributed by atoms with Gasteiger partial charge in [-0.1, -0.05) is 0 Å². The molecule has 26 heavy (non-hydrogen) atoms. The Labute approximate surface area is 146 Å². The van der Waals surface area contributed by atoms with Crippen LogP contribution in [0.25, 0.3) is 0 Å². The van der Waals surface area contributed by atoms with Gasteiger partial charge in [-0.15, -0.1) is 0 Å².